The molecule has 24 heavy (non-hydrogen) atoms. The van der Waals surface area contributed by atoms with Gasteiger partial charge in [-0.2, -0.15) is 0 Å². The van der Waals surface area contributed by atoms with Crippen molar-refractivity contribution in [2.45, 2.75) is 57.8 Å². The Kier molecular flexibility index (Phi) is 3.66. The van der Waals surface area contributed by atoms with Crippen molar-refractivity contribution in [1.82, 2.24) is 0 Å². The molecule has 0 aromatic heterocycles. The normalized spacial score (nSPS) is 25.8. The van der Waals surface area contributed by atoms with E-state index in [4.69, 9.17) is 4.74 Å². The van der Waals surface area contributed by atoms with Crippen molar-refractivity contribution >= 4 is 17.3 Å². The van der Waals surface area contributed by atoms with Crippen LogP contribution in [-0.2, 0) is 19.1 Å². The fourth-order valence-electron chi connectivity index (χ4n) is 4.28. The number of carbonyl (C=O) groups excluding carboxylic acids is 3. The number of carbonyl (C=O) groups is 3. The summed E-state index contributed by atoms with van der Waals surface area (Å²) in [4.78, 5) is 37.7. The van der Waals surface area contributed by atoms with E-state index in [0.29, 0.717) is 67.6 Å². The molecule has 4 aliphatic rings. The monoisotopic (exact) mass is 328 g/mol. The van der Waals surface area contributed by atoms with Crippen LogP contribution in [0.25, 0.3) is 0 Å². The van der Waals surface area contributed by atoms with Gasteiger partial charge in [0.1, 0.15) is 11.5 Å². The summed E-state index contributed by atoms with van der Waals surface area (Å²) in [5.74, 6) is 0.244. The molecule has 0 fully saturated rings. The quantitative estimate of drug-likeness (QED) is 0.799. The summed E-state index contributed by atoms with van der Waals surface area (Å²) >= 11 is 0. The van der Waals surface area contributed by atoms with E-state index in [0.717, 1.165) is 12.8 Å². The summed E-state index contributed by atoms with van der Waals surface area (Å²) in [6.07, 6.45) is 4.92. The molecule has 4 rings (SSSR count). The lowest BCUT2D eigenvalue weighted by molar-refractivity contribution is -0.118. The van der Waals surface area contributed by atoms with Crippen molar-refractivity contribution in [3.8, 4) is 0 Å². The lowest BCUT2D eigenvalue weighted by Gasteiger charge is -2.37. The van der Waals surface area contributed by atoms with E-state index >= 15 is 0 Å². The number of hydrogen-bond donors (Lipinski definition) is 1. The van der Waals surface area contributed by atoms with Crippen molar-refractivity contribution < 1.29 is 24.2 Å². The largest absolute Gasteiger partial charge is 0.512 e. The molecule has 0 spiro atoms. The molecule has 1 N–H and O–H groups in total. The second-order valence-electron chi connectivity index (χ2n) is 6.90. The Bertz CT molecular complexity index is 686. The first-order valence-corrected chi connectivity index (χ1v) is 8.73. The van der Waals surface area contributed by atoms with Crippen LogP contribution in [0.1, 0.15) is 57.8 Å². The number of aliphatic hydroxyl groups is 1. The van der Waals surface area contributed by atoms with Crippen LogP contribution in [0, 0.1) is 5.92 Å². The van der Waals surface area contributed by atoms with Gasteiger partial charge in [0.2, 0.25) is 0 Å². The summed E-state index contributed by atoms with van der Waals surface area (Å²) in [7, 11) is 0. The minimum Gasteiger partial charge on any atom is -0.512 e. The van der Waals surface area contributed by atoms with Crippen LogP contribution in [0.2, 0.25) is 0 Å². The van der Waals surface area contributed by atoms with Crippen molar-refractivity contribution in [2.24, 2.45) is 5.92 Å². The SMILES string of the molecule is O=C1CCCC(O)=C1C1C2=C(CCCC2=O)OC2=C1C(=O)CCC2. The molecule has 0 saturated heterocycles. The Balaban J connectivity index is 1.93. The Hall–Kier alpha value is -2.17. The van der Waals surface area contributed by atoms with E-state index in [1.807, 2.05) is 0 Å². The lowest BCUT2D eigenvalue weighted by Crippen LogP contribution is -2.35. The fraction of sp³-hybridized carbons (Fsp3) is 0.526. The van der Waals surface area contributed by atoms with Gasteiger partial charge in [0.15, 0.2) is 17.3 Å². The molecule has 0 amide bonds. The van der Waals surface area contributed by atoms with Crippen LogP contribution in [-0.4, -0.2) is 22.5 Å². The smallest absolute Gasteiger partial charge is 0.163 e. The van der Waals surface area contributed by atoms with Crippen molar-refractivity contribution in [3.05, 3.63) is 34.0 Å². The second kappa shape index (κ2) is 5.72. The molecule has 0 bridgehead atoms. The highest BCUT2D eigenvalue weighted by Gasteiger charge is 2.45. The Labute approximate surface area is 140 Å². The molecule has 0 aromatic carbocycles. The molecular weight excluding hydrogens is 308 g/mol. The highest BCUT2D eigenvalue weighted by atomic mass is 16.5. The molecule has 0 unspecified atom stereocenters. The van der Waals surface area contributed by atoms with Gasteiger partial charge in [-0.1, -0.05) is 0 Å². The highest BCUT2D eigenvalue weighted by molar-refractivity contribution is 6.09. The summed E-state index contributed by atoms with van der Waals surface area (Å²) in [5.41, 5.74) is 1.13. The average Bonchev–Trinajstić information content (AvgIpc) is 2.54. The Morgan fingerprint density at radius 3 is 1.62 bits per heavy atom. The van der Waals surface area contributed by atoms with Gasteiger partial charge in [0.05, 0.1) is 11.7 Å². The zero-order valence-electron chi connectivity index (χ0n) is 13.5. The molecule has 5 heteroatoms. The fourth-order valence-corrected chi connectivity index (χ4v) is 4.28. The van der Waals surface area contributed by atoms with Gasteiger partial charge < -0.3 is 9.84 Å². The summed E-state index contributed by atoms with van der Waals surface area (Å²) in [5, 5.41) is 10.4. The van der Waals surface area contributed by atoms with Gasteiger partial charge in [-0.25, -0.2) is 0 Å². The first kappa shape index (κ1) is 15.4. The van der Waals surface area contributed by atoms with Gasteiger partial charge >= 0.3 is 0 Å². The molecule has 1 aliphatic heterocycles. The summed E-state index contributed by atoms with van der Waals surface area (Å²) in [6.45, 7) is 0. The van der Waals surface area contributed by atoms with E-state index in [1.165, 1.54) is 0 Å². The van der Waals surface area contributed by atoms with Crippen molar-refractivity contribution in [1.29, 1.82) is 0 Å². The van der Waals surface area contributed by atoms with Crippen molar-refractivity contribution in [3.63, 3.8) is 0 Å². The summed E-state index contributed by atoms with van der Waals surface area (Å²) < 4.78 is 5.93. The van der Waals surface area contributed by atoms with Gasteiger partial charge in [-0.15, -0.1) is 0 Å². The number of aliphatic hydroxyl groups excluding tert-OH is 1. The molecule has 0 aromatic rings. The zero-order chi connectivity index (χ0) is 16.8. The van der Waals surface area contributed by atoms with Crippen LogP contribution in [0.5, 0.6) is 0 Å². The summed E-state index contributed by atoms with van der Waals surface area (Å²) in [6, 6.07) is 0. The first-order chi connectivity index (χ1) is 11.6. The topological polar surface area (TPSA) is 80.7 Å². The van der Waals surface area contributed by atoms with Crippen molar-refractivity contribution in [2.75, 3.05) is 0 Å². The number of allylic oxidation sites excluding steroid dienone is 6. The van der Waals surface area contributed by atoms with Crippen LogP contribution in [0.3, 0.4) is 0 Å². The third-order valence-corrected chi connectivity index (χ3v) is 5.36. The maximum atomic E-state index is 12.6. The number of rotatable bonds is 1. The molecular formula is C19H20O5. The van der Waals surface area contributed by atoms with Crippen LogP contribution >= 0.6 is 0 Å². The van der Waals surface area contributed by atoms with Gasteiger partial charge in [0.25, 0.3) is 0 Å². The number of ether oxygens (including phenoxy) is 1. The molecule has 1 heterocycles. The van der Waals surface area contributed by atoms with E-state index in [9.17, 15) is 19.5 Å². The molecule has 3 aliphatic carbocycles. The average molecular weight is 328 g/mol. The van der Waals surface area contributed by atoms with E-state index in [1.54, 1.807) is 0 Å². The third kappa shape index (κ3) is 2.26. The number of Topliss-reactive ketones (excluding diaryl/α,β-unsaturated/α-hetero) is 3. The van der Waals surface area contributed by atoms with Gasteiger partial charge in [-0.05, 0) is 19.3 Å². The van der Waals surface area contributed by atoms with Crippen LogP contribution in [0.15, 0.2) is 34.0 Å². The first-order valence-electron chi connectivity index (χ1n) is 8.73. The number of ketones is 3. The highest BCUT2D eigenvalue weighted by Crippen LogP contribution is 2.47. The minimum atomic E-state index is -0.711. The predicted octanol–water partition coefficient (Wildman–Crippen LogP) is 3.21. The van der Waals surface area contributed by atoms with Crippen LogP contribution in [0.4, 0.5) is 0 Å². The molecule has 0 atom stereocenters. The molecule has 126 valence electrons. The maximum Gasteiger partial charge on any atom is 0.163 e. The molecule has 5 nitrogen and oxygen atoms in total. The van der Waals surface area contributed by atoms with E-state index in [2.05, 4.69) is 0 Å². The predicted molar refractivity (Wildman–Crippen MR) is 84.9 cm³/mol. The molecule has 0 radical (unpaired) electrons. The standard InChI is InChI=1S/C19H20O5/c20-10-4-1-5-11(21)16(10)19-17-12(22)6-2-8-14(17)24-15-9-3-7-13(23)18(15)19/h19-20H,1-9H2. The minimum absolute atomic E-state index is 0.0357. The molecule has 0 saturated carbocycles. The second-order valence-corrected chi connectivity index (χ2v) is 6.90. The third-order valence-electron chi connectivity index (χ3n) is 5.36. The Morgan fingerprint density at radius 2 is 1.12 bits per heavy atom. The van der Waals surface area contributed by atoms with Crippen LogP contribution < -0.4 is 0 Å². The van der Waals surface area contributed by atoms with Gasteiger partial charge in [0, 0.05) is 55.2 Å². The maximum absolute atomic E-state index is 12.6. The lowest BCUT2D eigenvalue weighted by atomic mass is 9.70. The van der Waals surface area contributed by atoms with Gasteiger partial charge in [-0.3, -0.25) is 14.4 Å². The van der Waals surface area contributed by atoms with E-state index < -0.39 is 5.92 Å². The Morgan fingerprint density at radius 1 is 0.667 bits per heavy atom. The zero-order valence-corrected chi connectivity index (χ0v) is 13.5. The van der Waals surface area contributed by atoms with E-state index in [-0.39, 0.29) is 28.7 Å². The number of hydrogen-bond acceptors (Lipinski definition) is 5.